The van der Waals surface area contributed by atoms with Crippen molar-refractivity contribution in [3.8, 4) is 0 Å². The fourth-order valence-electron chi connectivity index (χ4n) is 2.59. The number of methoxy groups -OCH3 is 1. The minimum atomic E-state index is -0.550. The molecule has 0 radical (unpaired) electrons. The third kappa shape index (κ3) is 6.37. The van der Waals surface area contributed by atoms with Gasteiger partial charge in [-0.05, 0) is 26.2 Å². The van der Waals surface area contributed by atoms with E-state index in [2.05, 4.69) is 5.32 Å². The molecule has 1 fully saturated rings. The molecule has 0 aliphatic heterocycles. The van der Waals surface area contributed by atoms with Crippen molar-refractivity contribution in [1.82, 2.24) is 5.32 Å². The average Bonchev–Trinajstić information content (AvgIpc) is 2.44. The lowest BCUT2D eigenvalue weighted by molar-refractivity contribution is -0.146. The van der Waals surface area contributed by atoms with Gasteiger partial charge in [-0.15, -0.1) is 0 Å². The second kappa shape index (κ2) is 8.95. The molecule has 0 aromatic carbocycles. The zero-order valence-corrected chi connectivity index (χ0v) is 12.8. The first-order valence-corrected chi connectivity index (χ1v) is 7.51. The number of nitrogens with one attached hydrogen (secondary N) is 1. The average molecular weight is 285 g/mol. The van der Waals surface area contributed by atoms with Gasteiger partial charge < -0.3 is 14.8 Å². The van der Waals surface area contributed by atoms with Crippen molar-refractivity contribution in [2.45, 2.75) is 64.5 Å². The van der Waals surface area contributed by atoms with Gasteiger partial charge in [0.15, 0.2) is 0 Å². The molecule has 1 saturated carbocycles. The number of amides is 1. The Morgan fingerprint density at radius 1 is 1.20 bits per heavy atom. The van der Waals surface area contributed by atoms with Crippen molar-refractivity contribution in [3.05, 3.63) is 0 Å². The highest BCUT2D eigenvalue weighted by Gasteiger charge is 2.26. The summed E-state index contributed by atoms with van der Waals surface area (Å²) in [6.07, 6.45) is 6.62. The molecule has 1 atom stereocenters. The maximum atomic E-state index is 11.8. The van der Waals surface area contributed by atoms with E-state index in [9.17, 15) is 9.59 Å². The van der Waals surface area contributed by atoms with Crippen LogP contribution >= 0.6 is 0 Å². The maximum Gasteiger partial charge on any atom is 0.328 e. The van der Waals surface area contributed by atoms with Gasteiger partial charge in [-0.1, -0.05) is 32.1 Å². The molecule has 1 aliphatic rings. The summed E-state index contributed by atoms with van der Waals surface area (Å²) in [5.74, 6) is -0.127. The summed E-state index contributed by atoms with van der Waals surface area (Å²) in [5.41, 5.74) is 0. The van der Waals surface area contributed by atoms with Crippen LogP contribution in [0.3, 0.4) is 0 Å². The van der Waals surface area contributed by atoms with E-state index in [4.69, 9.17) is 9.47 Å². The van der Waals surface area contributed by atoms with E-state index in [-0.39, 0.29) is 24.6 Å². The Kier molecular flexibility index (Phi) is 7.59. The SMILES string of the molecule is COC(=O)[C@H](CC1CCCCC1)NC(=O)COC(C)C. The molecule has 0 bridgehead atoms. The number of hydrogen-bond donors (Lipinski definition) is 1. The van der Waals surface area contributed by atoms with Crippen molar-refractivity contribution in [2.24, 2.45) is 5.92 Å². The molecule has 5 nitrogen and oxygen atoms in total. The quantitative estimate of drug-likeness (QED) is 0.727. The van der Waals surface area contributed by atoms with Crippen molar-refractivity contribution < 1.29 is 19.1 Å². The Morgan fingerprint density at radius 2 is 1.85 bits per heavy atom. The Bertz CT molecular complexity index is 311. The summed E-state index contributed by atoms with van der Waals surface area (Å²) < 4.78 is 10.0. The van der Waals surface area contributed by atoms with Crippen LogP contribution in [0.5, 0.6) is 0 Å². The molecule has 0 saturated heterocycles. The first-order valence-electron chi connectivity index (χ1n) is 7.51. The first-order chi connectivity index (χ1) is 9.52. The molecular formula is C15H27NO4. The highest BCUT2D eigenvalue weighted by atomic mass is 16.5. The fourth-order valence-corrected chi connectivity index (χ4v) is 2.59. The van der Waals surface area contributed by atoms with E-state index < -0.39 is 6.04 Å². The number of ether oxygens (including phenoxy) is 2. The lowest BCUT2D eigenvalue weighted by Crippen LogP contribution is -2.44. The molecule has 116 valence electrons. The van der Waals surface area contributed by atoms with Crippen LogP contribution in [0.25, 0.3) is 0 Å². The number of esters is 1. The Balaban J connectivity index is 2.46. The minimum absolute atomic E-state index is 0.00401. The third-order valence-corrected chi connectivity index (χ3v) is 3.66. The number of carbonyl (C=O) groups excluding carboxylic acids is 2. The van der Waals surface area contributed by atoms with E-state index in [1.54, 1.807) is 0 Å². The van der Waals surface area contributed by atoms with Gasteiger partial charge in [0.05, 0.1) is 13.2 Å². The Labute approximate surface area is 121 Å². The predicted octanol–water partition coefficient (Wildman–Crippen LogP) is 2.04. The van der Waals surface area contributed by atoms with Crippen LogP contribution in [0.4, 0.5) is 0 Å². The molecule has 0 heterocycles. The van der Waals surface area contributed by atoms with E-state index in [1.165, 1.54) is 26.4 Å². The molecular weight excluding hydrogens is 258 g/mol. The molecule has 5 heteroatoms. The summed E-state index contributed by atoms with van der Waals surface area (Å²) in [5, 5.41) is 2.73. The third-order valence-electron chi connectivity index (χ3n) is 3.66. The lowest BCUT2D eigenvalue weighted by atomic mass is 9.85. The summed E-state index contributed by atoms with van der Waals surface area (Å²) in [7, 11) is 1.35. The summed E-state index contributed by atoms with van der Waals surface area (Å²) >= 11 is 0. The Hall–Kier alpha value is -1.10. The molecule has 1 amide bonds. The number of rotatable bonds is 7. The minimum Gasteiger partial charge on any atom is -0.467 e. The van der Waals surface area contributed by atoms with Crippen molar-refractivity contribution in [1.29, 1.82) is 0 Å². The van der Waals surface area contributed by atoms with Crippen LogP contribution in [0.1, 0.15) is 52.4 Å². The largest absolute Gasteiger partial charge is 0.467 e. The second-order valence-corrected chi connectivity index (χ2v) is 5.74. The number of carbonyl (C=O) groups is 2. The fraction of sp³-hybridized carbons (Fsp3) is 0.867. The van der Waals surface area contributed by atoms with Gasteiger partial charge in [0, 0.05) is 0 Å². The zero-order chi connectivity index (χ0) is 15.0. The monoisotopic (exact) mass is 285 g/mol. The van der Waals surface area contributed by atoms with Crippen molar-refractivity contribution >= 4 is 11.9 Å². The van der Waals surface area contributed by atoms with Crippen LogP contribution in [0.15, 0.2) is 0 Å². The molecule has 1 aliphatic carbocycles. The van der Waals surface area contributed by atoms with Gasteiger partial charge in [0.2, 0.25) is 5.91 Å². The van der Waals surface area contributed by atoms with Crippen molar-refractivity contribution in [2.75, 3.05) is 13.7 Å². The molecule has 20 heavy (non-hydrogen) atoms. The second-order valence-electron chi connectivity index (χ2n) is 5.74. The lowest BCUT2D eigenvalue weighted by Gasteiger charge is -2.25. The molecule has 0 unspecified atom stereocenters. The summed E-state index contributed by atoms with van der Waals surface area (Å²) in [6.45, 7) is 3.72. The highest BCUT2D eigenvalue weighted by Crippen LogP contribution is 2.27. The van der Waals surface area contributed by atoms with E-state index in [1.807, 2.05) is 13.8 Å². The smallest absolute Gasteiger partial charge is 0.328 e. The molecule has 0 aromatic rings. The normalized spacial score (nSPS) is 17.8. The van der Waals surface area contributed by atoms with Crippen LogP contribution in [0.2, 0.25) is 0 Å². The topological polar surface area (TPSA) is 64.6 Å². The van der Waals surface area contributed by atoms with Crippen LogP contribution < -0.4 is 5.32 Å². The van der Waals surface area contributed by atoms with Gasteiger partial charge in [-0.2, -0.15) is 0 Å². The van der Waals surface area contributed by atoms with E-state index in [0.29, 0.717) is 12.3 Å². The van der Waals surface area contributed by atoms with Crippen LogP contribution in [-0.4, -0.2) is 37.7 Å². The summed E-state index contributed by atoms with van der Waals surface area (Å²) in [6, 6.07) is -0.550. The van der Waals surface area contributed by atoms with Gasteiger partial charge in [0.25, 0.3) is 0 Å². The van der Waals surface area contributed by atoms with E-state index >= 15 is 0 Å². The van der Waals surface area contributed by atoms with Gasteiger partial charge in [-0.25, -0.2) is 4.79 Å². The van der Waals surface area contributed by atoms with E-state index in [0.717, 1.165) is 12.8 Å². The predicted molar refractivity (Wildman–Crippen MR) is 76.2 cm³/mol. The molecule has 0 aromatic heterocycles. The van der Waals surface area contributed by atoms with Crippen LogP contribution in [0, 0.1) is 5.92 Å². The van der Waals surface area contributed by atoms with Gasteiger partial charge in [0.1, 0.15) is 12.6 Å². The molecule has 1 N–H and O–H groups in total. The standard InChI is InChI=1S/C15H27NO4/c1-11(2)20-10-14(17)16-13(15(18)19-3)9-12-7-5-4-6-8-12/h11-13H,4-10H2,1-3H3,(H,16,17)/t13-/m0/s1. The number of hydrogen-bond acceptors (Lipinski definition) is 4. The highest BCUT2D eigenvalue weighted by molar-refractivity contribution is 5.85. The molecule has 0 spiro atoms. The van der Waals surface area contributed by atoms with Crippen LogP contribution in [-0.2, 0) is 19.1 Å². The molecule has 1 rings (SSSR count). The summed E-state index contributed by atoms with van der Waals surface area (Å²) in [4.78, 5) is 23.6. The van der Waals surface area contributed by atoms with Gasteiger partial charge in [-0.3, -0.25) is 4.79 Å². The van der Waals surface area contributed by atoms with Gasteiger partial charge >= 0.3 is 5.97 Å². The Morgan fingerprint density at radius 3 is 2.40 bits per heavy atom. The zero-order valence-electron chi connectivity index (χ0n) is 12.8. The first kappa shape index (κ1) is 17.0. The van der Waals surface area contributed by atoms with Crippen molar-refractivity contribution in [3.63, 3.8) is 0 Å². The maximum absolute atomic E-state index is 11.8.